The van der Waals surface area contributed by atoms with Crippen molar-refractivity contribution in [1.29, 1.82) is 0 Å². The van der Waals surface area contributed by atoms with Crippen molar-refractivity contribution in [3.05, 3.63) is 64.7 Å². The van der Waals surface area contributed by atoms with Gasteiger partial charge in [0.25, 0.3) is 5.91 Å². The first kappa shape index (κ1) is 19.2. The van der Waals surface area contributed by atoms with Gasteiger partial charge in [0.2, 0.25) is 0 Å². The summed E-state index contributed by atoms with van der Waals surface area (Å²) in [4.78, 5) is 13.3. The van der Waals surface area contributed by atoms with Crippen molar-refractivity contribution in [3.63, 3.8) is 0 Å². The first-order valence-electron chi connectivity index (χ1n) is 8.30. The number of carbonyl (C=O) groups is 1. The molecule has 0 aliphatic rings. The van der Waals surface area contributed by atoms with Gasteiger partial charge in [0.1, 0.15) is 11.4 Å². The average molecular weight is 393 g/mol. The van der Waals surface area contributed by atoms with Gasteiger partial charge in [-0.05, 0) is 29.7 Å². The summed E-state index contributed by atoms with van der Waals surface area (Å²) in [7, 11) is 1.25. The van der Waals surface area contributed by atoms with Gasteiger partial charge in [-0.25, -0.2) is 0 Å². The summed E-state index contributed by atoms with van der Waals surface area (Å²) in [6.07, 6.45) is -4.47. The third kappa shape index (κ3) is 4.39. The summed E-state index contributed by atoms with van der Waals surface area (Å²) < 4.78 is 39.5. The minimum absolute atomic E-state index is 0.153. The van der Waals surface area contributed by atoms with Crippen LogP contribution in [-0.4, -0.2) is 22.2 Å². The minimum atomic E-state index is -4.47. The zero-order chi connectivity index (χ0) is 19.6. The molecule has 1 aromatic carbocycles. The van der Waals surface area contributed by atoms with E-state index in [1.807, 2.05) is 37.3 Å². The fourth-order valence-electron chi connectivity index (χ4n) is 2.68. The smallest absolute Gasteiger partial charge is 0.351 e. The molecular weight excluding hydrogens is 375 g/mol. The minimum Gasteiger partial charge on any atom is -0.351 e. The van der Waals surface area contributed by atoms with Crippen molar-refractivity contribution in [2.24, 2.45) is 7.05 Å². The van der Waals surface area contributed by atoms with Crippen LogP contribution in [0.4, 0.5) is 13.2 Å². The Bertz CT molecular complexity index is 931. The Morgan fingerprint density at radius 1 is 1.22 bits per heavy atom. The molecule has 1 N–H and O–H groups in total. The molecule has 0 unspecified atom stereocenters. The predicted octanol–water partition coefficient (Wildman–Crippen LogP) is 4.70. The molecule has 0 fully saturated rings. The summed E-state index contributed by atoms with van der Waals surface area (Å²) >= 11 is 1.12. The Kier molecular flexibility index (Phi) is 5.36. The summed E-state index contributed by atoms with van der Waals surface area (Å²) in [5.41, 5.74) is 0.498. The Balaban J connectivity index is 1.68. The molecule has 0 saturated carbocycles. The molecule has 2 aromatic heterocycles. The van der Waals surface area contributed by atoms with E-state index in [-0.39, 0.29) is 17.5 Å². The Hall–Kier alpha value is -2.61. The summed E-state index contributed by atoms with van der Waals surface area (Å²) in [6, 6.07) is 14.0. The van der Waals surface area contributed by atoms with Crippen molar-refractivity contribution < 1.29 is 18.0 Å². The van der Waals surface area contributed by atoms with E-state index in [1.54, 1.807) is 12.1 Å². The van der Waals surface area contributed by atoms with Crippen LogP contribution in [0, 0.1) is 0 Å². The van der Waals surface area contributed by atoms with Gasteiger partial charge in [0, 0.05) is 13.6 Å². The molecule has 27 heavy (non-hydrogen) atoms. The maximum atomic E-state index is 12.9. The molecule has 8 heteroatoms. The van der Waals surface area contributed by atoms with E-state index in [0.29, 0.717) is 16.3 Å². The van der Waals surface area contributed by atoms with Crippen LogP contribution in [0.15, 0.2) is 48.5 Å². The number of thiophene rings is 1. The van der Waals surface area contributed by atoms with Crippen LogP contribution in [0.3, 0.4) is 0 Å². The first-order valence-corrected chi connectivity index (χ1v) is 9.12. The second kappa shape index (κ2) is 7.56. The van der Waals surface area contributed by atoms with Gasteiger partial charge in [-0.2, -0.15) is 18.3 Å². The zero-order valence-corrected chi connectivity index (χ0v) is 15.6. The molecule has 0 aliphatic carbocycles. The lowest BCUT2D eigenvalue weighted by atomic mass is 10.0. The van der Waals surface area contributed by atoms with Crippen LogP contribution >= 0.6 is 11.3 Å². The summed E-state index contributed by atoms with van der Waals surface area (Å²) in [5, 5.41) is 6.78. The van der Waals surface area contributed by atoms with Crippen LogP contribution in [0.1, 0.15) is 33.8 Å². The van der Waals surface area contributed by atoms with Crippen molar-refractivity contribution in [1.82, 2.24) is 15.1 Å². The number of hydrogen-bond acceptors (Lipinski definition) is 3. The highest BCUT2D eigenvalue weighted by molar-refractivity contribution is 7.17. The van der Waals surface area contributed by atoms with Gasteiger partial charge in [0.05, 0.1) is 9.75 Å². The van der Waals surface area contributed by atoms with E-state index in [1.165, 1.54) is 7.05 Å². The van der Waals surface area contributed by atoms with Crippen molar-refractivity contribution in [3.8, 4) is 10.6 Å². The van der Waals surface area contributed by atoms with Crippen LogP contribution in [-0.2, 0) is 13.2 Å². The molecule has 0 radical (unpaired) electrons. The average Bonchev–Trinajstić information content (AvgIpc) is 3.26. The third-order valence-corrected chi connectivity index (χ3v) is 5.30. The zero-order valence-electron chi connectivity index (χ0n) is 14.7. The number of aryl methyl sites for hydroxylation is 1. The van der Waals surface area contributed by atoms with Gasteiger partial charge in [-0.1, -0.05) is 37.3 Å². The van der Waals surface area contributed by atoms with E-state index >= 15 is 0 Å². The number of halogens is 3. The Morgan fingerprint density at radius 3 is 2.56 bits per heavy atom. The number of nitrogens with zero attached hydrogens (tertiary/aromatic N) is 2. The molecule has 1 amide bonds. The molecule has 2 heterocycles. The van der Waals surface area contributed by atoms with Crippen LogP contribution in [0.2, 0.25) is 0 Å². The molecule has 142 valence electrons. The number of benzene rings is 1. The van der Waals surface area contributed by atoms with Crippen molar-refractivity contribution in [2.75, 3.05) is 6.54 Å². The van der Waals surface area contributed by atoms with Gasteiger partial charge in [-0.3, -0.25) is 9.48 Å². The number of aromatic nitrogens is 2. The highest BCUT2D eigenvalue weighted by Gasteiger charge is 2.35. The molecule has 0 saturated heterocycles. The normalized spacial score (nSPS) is 12.8. The molecule has 0 aliphatic heterocycles. The predicted molar refractivity (Wildman–Crippen MR) is 98.7 cm³/mol. The second-order valence-corrected chi connectivity index (χ2v) is 7.31. The lowest BCUT2D eigenvalue weighted by molar-refractivity contribution is -0.143. The second-order valence-electron chi connectivity index (χ2n) is 6.22. The highest BCUT2D eigenvalue weighted by Crippen LogP contribution is 2.34. The topological polar surface area (TPSA) is 46.9 Å². The molecule has 4 nitrogen and oxygen atoms in total. The maximum absolute atomic E-state index is 12.9. The molecular formula is C19H18F3N3OS. The number of amides is 1. The summed E-state index contributed by atoms with van der Waals surface area (Å²) in [6.45, 7) is 2.49. The largest absolute Gasteiger partial charge is 0.433 e. The van der Waals surface area contributed by atoms with Gasteiger partial charge in [0.15, 0.2) is 0 Å². The number of nitrogens with one attached hydrogen (secondary N) is 1. The van der Waals surface area contributed by atoms with E-state index in [0.717, 1.165) is 27.6 Å². The lowest BCUT2D eigenvalue weighted by Gasteiger charge is -2.12. The third-order valence-electron chi connectivity index (χ3n) is 4.19. The standard InChI is InChI=1S/C19H18F3N3OS/c1-12(13-6-4-3-5-7-13)11-23-18(26)16-9-8-15(27-16)14-10-17(19(20,21)22)25(2)24-14/h3-10,12H,11H2,1-2H3,(H,23,26)/t12-/m1/s1. The maximum Gasteiger partial charge on any atom is 0.433 e. The fourth-order valence-corrected chi connectivity index (χ4v) is 3.56. The van der Waals surface area contributed by atoms with Crippen molar-refractivity contribution >= 4 is 17.2 Å². The Labute approximate surface area is 158 Å². The van der Waals surface area contributed by atoms with E-state index < -0.39 is 11.9 Å². The molecule has 1 atom stereocenters. The SMILES string of the molecule is C[C@H](CNC(=O)c1ccc(-c2cc(C(F)(F)F)n(C)n2)s1)c1ccccc1. The fraction of sp³-hybridized carbons (Fsp3) is 0.263. The van der Waals surface area contributed by atoms with Crippen molar-refractivity contribution in [2.45, 2.75) is 19.0 Å². The van der Waals surface area contributed by atoms with Gasteiger partial charge >= 0.3 is 6.18 Å². The van der Waals surface area contributed by atoms with Crippen LogP contribution in [0.5, 0.6) is 0 Å². The number of hydrogen-bond donors (Lipinski definition) is 1. The highest BCUT2D eigenvalue weighted by atomic mass is 32.1. The molecule has 3 aromatic rings. The molecule has 3 rings (SSSR count). The monoisotopic (exact) mass is 393 g/mol. The molecule has 0 bridgehead atoms. The van der Waals surface area contributed by atoms with E-state index in [4.69, 9.17) is 0 Å². The molecule has 0 spiro atoms. The number of carbonyl (C=O) groups excluding carboxylic acids is 1. The van der Waals surface area contributed by atoms with E-state index in [2.05, 4.69) is 10.4 Å². The summed E-state index contributed by atoms with van der Waals surface area (Å²) in [5.74, 6) is -0.0966. The quantitative estimate of drug-likeness (QED) is 0.683. The van der Waals surface area contributed by atoms with Crippen LogP contribution in [0.25, 0.3) is 10.6 Å². The first-order chi connectivity index (χ1) is 12.8. The Morgan fingerprint density at radius 2 is 1.93 bits per heavy atom. The van der Waals surface area contributed by atoms with Gasteiger partial charge in [-0.15, -0.1) is 11.3 Å². The number of rotatable bonds is 5. The van der Waals surface area contributed by atoms with Gasteiger partial charge < -0.3 is 5.32 Å². The van der Waals surface area contributed by atoms with Crippen LogP contribution < -0.4 is 5.32 Å². The lowest BCUT2D eigenvalue weighted by Crippen LogP contribution is -2.26. The van der Waals surface area contributed by atoms with E-state index in [9.17, 15) is 18.0 Å². The number of alkyl halides is 3.